The molecule has 0 aromatic heterocycles. The molecule has 1 amide bonds. The molecule has 1 aromatic rings. The van der Waals surface area contributed by atoms with Gasteiger partial charge in [-0.15, -0.1) is 0 Å². The van der Waals surface area contributed by atoms with Crippen LogP contribution in [0, 0.1) is 11.3 Å². The number of nitriles is 1. The lowest BCUT2D eigenvalue weighted by molar-refractivity contribution is -0.125. The number of rotatable bonds is 3. The van der Waals surface area contributed by atoms with Crippen LogP contribution in [-0.4, -0.2) is 37.6 Å². The number of hydrogen-bond donors (Lipinski definition) is 2. The van der Waals surface area contributed by atoms with Gasteiger partial charge in [0.05, 0.1) is 17.3 Å². The van der Waals surface area contributed by atoms with E-state index >= 15 is 0 Å². The van der Waals surface area contributed by atoms with Crippen molar-refractivity contribution < 1.29 is 4.79 Å². The van der Waals surface area contributed by atoms with Gasteiger partial charge in [-0.3, -0.25) is 4.79 Å². The molecule has 0 radical (unpaired) electrons. The zero-order valence-corrected chi connectivity index (χ0v) is 13.2. The Hall–Kier alpha value is -1.58. The highest BCUT2D eigenvalue weighted by atomic mass is 79.9. The van der Waals surface area contributed by atoms with Gasteiger partial charge in [-0.25, -0.2) is 0 Å². The molecule has 0 bridgehead atoms. The molecule has 21 heavy (non-hydrogen) atoms. The summed E-state index contributed by atoms with van der Waals surface area (Å²) in [6.07, 6.45) is 1.84. The van der Waals surface area contributed by atoms with Gasteiger partial charge in [0, 0.05) is 23.6 Å². The third kappa shape index (κ3) is 3.04. The molecule has 5 nitrogen and oxygen atoms in total. The van der Waals surface area contributed by atoms with E-state index in [0.717, 1.165) is 42.6 Å². The molecule has 0 saturated carbocycles. The van der Waals surface area contributed by atoms with Gasteiger partial charge < -0.3 is 15.5 Å². The van der Waals surface area contributed by atoms with E-state index in [2.05, 4.69) is 37.5 Å². The van der Waals surface area contributed by atoms with Gasteiger partial charge in [-0.2, -0.15) is 5.26 Å². The Balaban J connectivity index is 1.64. The van der Waals surface area contributed by atoms with Crippen LogP contribution in [0.25, 0.3) is 0 Å². The van der Waals surface area contributed by atoms with E-state index in [4.69, 9.17) is 0 Å². The number of benzene rings is 1. The van der Waals surface area contributed by atoms with E-state index in [0.29, 0.717) is 5.56 Å². The number of hydrogen-bond acceptors (Lipinski definition) is 4. The molecule has 2 heterocycles. The summed E-state index contributed by atoms with van der Waals surface area (Å²) in [4.78, 5) is 14.1. The van der Waals surface area contributed by atoms with Crippen molar-refractivity contribution >= 4 is 27.5 Å². The molecule has 6 heteroatoms. The molecule has 2 aliphatic heterocycles. The maximum Gasteiger partial charge on any atom is 0.237 e. The monoisotopic (exact) mass is 348 g/mol. The first kappa shape index (κ1) is 14.4. The quantitative estimate of drug-likeness (QED) is 0.865. The van der Waals surface area contributed by atoms with Crippen molar-refractivity contribution in [3.63, 3.8) is 0 Å². The van der Waals surface area contributed by atoms with Crippen LogP contribution in [0.3, 0.4) is 0 Å². The van der Waals surface area contributed by atoms with E-state index < -0.39 is 0 Å². The molecule has 2 fully saturated rings. The van der Waals surface area contributed by atoms with Crippen LogP contribution in [0.4, 0.5) is 5.69 Å². The molecular weight excluding hydrogens is 332 g/mol. The van der Waals surface area contributed by atoms with E-state index in [-0.39, 0.29) is 18.0 Å². The topological polar surface area (TPSA) is 68.2 Å². The molecule has 2 unspecified atom stereocenters. The molecule has 0 aliphatic carbocycles. The Bertz CT molecular complexity index is 594. The van der Waals surface area contributed by atoms with E-state index in [1.165, 1.54) is 0 Å². The smallest absolute Gasteiger partial charge is 0.237 e. The lowest BCUT2D eigenvalue weighted by Gasteiger charge is -2.28. The minimum Gasteiger partial charge on any atom is -0.368 e. The molecule has 110 valence electrons. The normalized spacial score (nSPS) is 24.3. The van der Waals surface area contributed by atoms with Crippen LogP contribution in [0.5, 0.6) is 0 Å². The maximum absolute atomic E-state index is 11.9. The number of nitrogens with zero attached hydrogens (tertiary/aromatic N) is 2. The summed E-state index contributed by atoms with van der Waals surface area (Å²) < 4.78 is 0.905. The zero-order valence-electron chi connectivity index (χ0n) is 11.6. The Morgan fingerprint density at radius 3 is 2.95 bits per heavy atom. The van der Waals surface area contributed by atoms with Crippen LogP contribution in [0.15, 0.2) is 22.7 Å². The first-order valence-corrected chi connectivity index (χ1v) is 7.95. The van der Waals surface area contributed by atoms with E-state index in [1.807, 2.05) is 18.2 Å². The summed E-state index contributed by atoms with van der Waals surface area (Å²) in [5, 5.41) is 15.5. The summed E-state index contributed by atoms with van der Waals surface area (Å²) in [6.45, 7) is 2.55. The van der Waals surface area contributed by atoms with E-state index in [1.54, 1.807) is 0 Å². The molecule has 1 aromatic carbocycles. The Labute approximate surface area is 132 Å². The van der Waals surface area contributed by atoms with Crippen molar-refractivity contribution in [3.05, 3.63) is 28.2 Å². The lowest BCUT2D eigenvalue weighted by atomic mass is 10.1. The molecule has 3 rings (SSSR count). The Morgan fingerprint density at radius 1 is 1.48 bits per heavy atom. The van der Waals surface area contributed by atoms with Crippen LogP contribution < -0.4 is 15.5 Å². The van der Waals surface area contributed by atoms with Crippen LogP contribution in [0.2, 0.25) is 0 Å². The fourth-order valence-electron chi connectivity index (χ4n) is 2.78. The second-order valence-corrected chi connectivity index (χ2v) is 6.42. The van der Waals surface area contributed by atoms with Crippen LogP contribution in [0.1, 0.15) is 18.4 Å². The van der Waals surface area contributed by atoms with Crippen molar-refractivity contribution in [1.82, 2.24) is 10.6 Å². The second kappa shape index (κ2) is 6.04. The van der Waals surface area contributed by atoms with Gasteiger partial charge in [-0.1, -0.05) is 15.9 Å². The third-order valence-electron chi connectivity index (χ3n) is 4.09. The van der Waals surface area contributed by atoms with Crippen molar-refractivity contribution in [2.24, 2.45) is 0 Å². The summed E-state index contributed by atoms with van der Waals surface area (Å²) in [7, 11) is 0. The number of carbonyl (C=O) groups is 1. The number of halogens is 1. The highest BCUT2D eigenvalue weighted by molar-refractivity contribution is 9.10. The Kier molecular flexibility index (Phi) is 4.13. The third-order valence-corrected chi connectivity index (χ3v) is 4.59. The fourth-order valence-corrected chi connectivity index (χ4v) is 3.15. The van der Waals surface area contributed by atoms with Crippen molar-refractivity contribution in [2.75, 3.05) is 24.5 Å². The SMILES string of the molecule is N#Cc1cc(Br)ccc1N1CCC(NC(=O)C2CCN2)C1. The zero-order chi connectivity index (χ0) is 14.8. The summed E-state index contributed by atoms with van der Waals surface area (Å²) in [5.74, 6) is 0.101. The summed E-state index contributed by atoms with van der Waals surface area (Å²) in [5.41, 5.74) is 1.61. The highest BCUT2D eigenvalue weighted by Crippen LogP contribution is 2.27. The number of anilines is 1. The lowest BCUT2D eigenvalue weighted by Crippen LogP contribution is -2.55. The Morgan fingerprint density at radius 2 is 2.29 bits per heavy atom. The van der Waals surface area contributed by atoms with Gasteiger partial charge in [0.2, 0.25) is 5.91 Å². The predicted octanol–water partition coefficient (Wildman–Crippen LogP) is 1.38. The molecule has 2 saturated heterocycles. The minimum absolute atomic E-state index is 0.0126. The van der Waals surface area contributed by atoms with Crippen molar-refractivity contribution in [3.8, 4) is 6.07 Å². The average molecular weight is 349 g/mol. The number of amides is 1. The fraction of sp³-hybridized carbons (Fsp3) is 0.467. The first-order valence-electron chi connectivity index (χ1n) is 7.16. The standard InChI is InChI=1S/C15H17BrN4O/c16-11-1-2-14(10(7-11)8-17)20-6-4-12(9-20)19-15(21)13-3-5-18-13/h1-2,7,12-13,18H,3-6,9H2,(H,19,21). The largest absolute Gasteiger partial charge is 0.368 e. The molecule has 2 N–H and O–H groups in total. The summed E-state index contributed by atoms with van der Waals surface area (Å²) >= 11 is 3.39. The van der Waals surface area contributed by atoms with Gasteiger partial charge in [0.25, 0.3) is 0 Å². The predicted molar refractivity (Wildman–Crippen MR) is 84.0 cm³/mol. The molecular formula is C15H17BrN4O. The van der Waals surface area contributed by atoms with Gasteiger partial charge in [0.1, 0.15) is 6.07 Å². The number of nitrogens with one attached hydrogen (secondary N) is 2. The molecule has 2 atom stereocenters. The van der Waals surface area contributed by atoms with Gasteiger partial charge >= 0.3 is 0 Å². The van der Waals surface area contributed by atoms with Crippen molar-refractivity contribution in [1.29, 1.82) is 5.26 Å². The minimum atomic E-state index is -0.0126. The maximum atomic E-state index is 11.9. The van der Waals surface area contributed by atoms with Crippen LogP contribution in [-0.2, 0) is 4.79 Å². The van der Waals surface area contributed by atoms with Crippen LogP contribution >= 0.6 is 15.9 Å². The average Bonchev–Trinajstić information content (AvgIpc) is 2.84. The van der Waals surface area contributed by atoms with Crippen molar-refractivity contribution in [2.45, 2.75) is 24.9 Å². The summed E-state index contributed by atoms with van der Waals surface area (Å²) in [6, 6.07) is 8.12. The van der Waals surface area contributed by atoms with Gasteiger partial charge in [-0.05, 0) is 37.6 Å². The van der Waals surface area contributed by atoms with Gasteiger partial charge in [0.15, 0.2) is 0 Å². The number of carbonyl (C=O) groups excluding carboxylic acids is 1. The molecule has 2 aliphatic rings. The first-order chi connectivity index (χ1) is 10.2. The highest BCUT2D eigenvalue weighted by Gasteiger charge is 2.30. The van der Waals surface area contributed by atoms with E-state index in [9.17, 15) is 10.1 Å². The second-order valence-electron chi connectivity index (χ2n) is 5.51. The molecule has 0 spiro atoms.